The molecule has 1 atom stereocenters. The Labute approximate surface area is 139 Å². The molecule has 2 rings (SSSR count). The number of benzene rings is 1. The molecule has 1 aromatic heterocycles. The van der Waals surface area contributed by atoms with Crippen LogP contribution in [0.3, 0.4) is 0 Å². The second kappa shape index (κ2) is 7.36. The van der Waals surface area contributed by atoms with Crippen molar-refractivity contribution in [2.24, 2.45) is 0 Å². The van der Waals surface area contributed by atoms with Crippen LogP contribution in [-0.4, -0.2) is 54.6 Å². The summed E-state index contributed by atoms with van der Waals surface area (Å²) in [6.07, 6.45) is 0. The summed E-state index contributed by atoms with van der Waals surface area (Å²) in [6.45, 7) is 1.80. The minimum absolute atomic E-state index is 0.0131. The predicted octanol–water partition coefficient (Wildman–Crippen LogP) is 2.32. The highest BCUT2D eigenvalue weighted by atomic mass is 32.2. The van der Waals surface area contributed by atoms with Crippen molar-refractivity contribution in [3.63, 3.8) is 0 Å². The molecule has 1 amide bonds. The highest BCUT2D eigenvalue weighted by Crippen LogP contribution is 2.33. The molecule has 1 aromatic carbocycles. The van der Waals surface area contributed by atoms with Crippen LogP contribution < -0.4 is 9.47 Å². The summed E-state index contributed by atoms with van der Waals surface area (Å²) in [5.74, 6) is 1.54. The van der Waals surface area contributed by atoms with Gasteiger partial charge in [0.05, 0.1) is 19.5 Å². The van der Waals surface area contributed by atoms with Gasteiger partial charge in [0.2, 0.25) is 11.8 Å². The minimum Gasteiger partial charge on any atom is -0.493 e. The number of carbonyl (C=O) groups excluding carboxylic acids is 1. The van der Waals surface area contributed by atoms with E-state index in [0.29, 0.717) is 28.2 Å². The van der Waals surface area contributed by atoms with E-state index in [-0.39, 0.29) is 11.2 Å². The van der Waals surface area contributed by atoms with Crippen molar-refractivity contribution in [1.29, 1.82) is 0 Å². The molecular formula is C15H19N3O4S. The van der Waals surface area contributed by atoms with Crippen LogP contribution in [0.15, 0.2) is 27.8 Å². The molecule has 2 aromatic rings. The van der Waals surface area contributed by atoms with Crippen molar-refractivity contribution in [3.05, 3.63) is 18.2 Å². The second-order valence-electron chi connectivity index (χ2n) is 4.94. The van der Waals surface area contributed by atoms with Gasteiger partial charge >= 0.3 is 0 Å². The van der Waals surface area contributed by atoms with Crippen molar-refractivity contribution in [1.82, 2.24) is 15.1 Å². The van der Waals surface area contributed by atoms with Crippen molar-refractivity contribution >= 4 is 17.7 Å². The van der Waals surface area contributed by atoms with Crippen LogP contribution in [0.5, 0.6) is 11.5 Å². The van der Waals surface area contributed by atoms with Gasteiger partial charge < -0.3 is 18.8 Å². The maximum atomic E-state index is 11.9. The summed E-state index contributed by atoms with van der Waals surface area (Å²) in [4.78, 5) is 13.4. The van der Waals surface area contributed by atoms with E-state index in [1.54, 1.807) is 53.4 Å². The van der Waals surface area contributed by atoms with E-state index in [1.165, 1.54) is 16.7 Å². The molecule has 0 aliphatic rings. The molecular weight excluding hydrogens is 318 g/mol. The monoisotopic (exact) mass is 337 g/mol. The fraction of sp³-hybridized carbons (Fsp3) is 0.400. The highest BCUT2D eigenvalue weighted by Gasteiger charge is 2.20. The zero-order valence-corrected chi connectivity index (χ0v) is 14.5. The van der Waals surface area contributed by atoms with Crippen LogP contribution in [0, 0.1) is 0 Å². The largest absolute Gasteiger partial charge is 0.493 e. The smallest absolute Gasteiger partial charge is 0.277 e. The normalized spacial score (nSPS) is 11.9. The lowest BCUT2D eigenvalue weighted by molar-refractivity contribution is -0.127. The average molecular weight is 337 g/mol. The molecule has 0 fully saturated rings. The molecule has 124 valence electrons. The van der Waals surface area contributed by atoms with Gasteiger partial charge in [0, 0.05) is 19.7 Å². The number of methoxy groups -OCH3 is 2. The zero-order valence-electron chi connectivity index (χ0n) is 13.7. The number of amides is 1. The SMILES string of the molecule is COc1ccc(-c2nnc(S[C@@H](C)C(=O)N(C)C)o2)cc1OC. The topological polar surface area (TPSA) is 77.7 Å². The minimum atomic E-state index is -0.302. The molecule has 23 heavy (non-hydrogen) atoms. The average Bonchev–Trinajstić information content (AvgIpc) is 3.01. The van der Waals surface area contributed by atoms with Gasteiger partial charge in [0.1, 0.15) is 0 Å². The third-order valence-electron chi connectivity index (χ3n) is 3.10. The van der Waals surface area contributed by atoms with Crippen LogP contribution in [0.25, 0.3) is 11.5 Å². The Balaban J connectivity index is 2.17. The third-order valence-corrected chi connectivity index (χ3v) is 4.02. The molecule has 0 radical (unpaired) electrons. The fourth-order valence-electron chi connectivity index (χ4n) is 1.91. The molecule has 0 spiro atoms. The van der Waals surface area contributed by atoms with E-state index < -0.39 is 0 Å². The maximum absolute atomic E-state index is 11.9. The van der Waals surface area contributed by atoms with E-state index in [2.05, 4.69) is 10.2 Å². The summed E-state index contributed by atoms with van der Waals surface area (Å²) < 4.78 is 16.1. The van der Waals surface area contributed by atoms with Crippen molar-refractivity contribution in [2.45, 2.75) is 17.4 Å². The van der Waals surface area contributed by atoms with E-state index >= 15 is 0 Å². The Bertz CT molecular complexity index is 687. The molecule has 0 bridgehead atoms. The molecule has 8 heteroatoms. The molecule has 1 heterocycles. The van der Waals surface area contributed by atoms with Crippen molar-refractivity contribution in [2.75, 3.05) is 28.3 Å². The summed E-state index contributed by atoms with van der Waals surface area (Å²) in [6, 6.07) is 5.33. The van der Waals surface area contributed by atoms with Crippen LogP contribution in [-0.2, 0) is 4.79 Å². The summed E-state index contributed by atoms with van der Waals surface area (Å²) in [5.41, 5.74) is 0.716. The van der Waals surface area contributed by atoms with Gasteiger partial charge in [-0.3, -0.25) is 4.79 Å². The summed E-state index contributed by atoms with van der Waals surface area (Å²) in [5, 5.41) is 8.03. The molecule has 0 aliphatic carbocycles. The first-order valence-electron chi connectivity index (χ1n) is 6.90. The summed E-state index contributed by atoms with van der Waals surface area (Å²) >= 11 is 1.23. The van der Waals surface area contributed by atoms with E-state index in [0.717, 1.165) is 0 Å². The first kappa shape index (κ1) is 17.1. The molecule has 0 N–H and O–H groups in total. The van der Waals surface area contributed by atoms with Gasteiger partial charge in [-0.05, 0) is 25.1 Å². The number of hydrogen-bond donors (Lipinski definition) is 0. The lowest BCUT2D eigenvalue weighted by atomic mass is 10.2. The lowest BCUT2D eigenvalue weighted by Gasteiger charge is -2.14. The Morgan fingerprint density at radius 3 is 2.52 bits per heavy atom. The third kappa shape index (κ3) is 3.95. The Morgan fingerprint density at radius 2 is 1.91 bits per heavy atom. The Morgan fingerprint density at radius 1 is 1.22 bits per heavy atom. The Kier molecular flexibility index (Phi) is 5.49. The van der Waals surface area contributed by atoms with E-state index in [4.69, 9.17) is 13.9 Å². The first-order valence-corrected chi connectivity index (χ1v) is 7.78. The standard InChI is InChI=1S/C15H19N3O4S/c1-9(14(19)18(2)3)23-15-17-16-13(22-15)10-6-7-11(20-4)12(8-10)21-5/h6-9H,1-5H3/t9-/m0/s1. The Hall–Kier alpha value is -2.22. The number of aromatic nitrogens is 2. The number of rotatable bonds is 6. The molecule has 7 nitrogen and oxygen atoms in total. The van der Waals surface area contributed by atoms with Crippen molar-refractivity contribution < 1.29 is 18.7 Å². The van der Waals surface area contributed by atoms with E-state index in [9.17, 15) is 4.79 Å². The zero-order chi connectivity index (χ0) is 17.0. The number of carbonyl (C=O) groups is 1. The number of nitrogens with zero attached hydrogens (tertiary/aromatic N) is 3. The van der Waals surface area contributed by atoms with Crippen LogP contribution in [0.4, 0.5) is 0 Å². The van der Waals surface area contributed by atoms with Gasteiger partial charge in [0.15, 0.2) is 11.5 Å². The number of thioether (sulfide) groups is 1. The molecule has 0 saturated heterocycles. The maximum Gasteiger partial charge on any atom is 0.277 e. The van der Waals surface area contributed by atoms with Crippen LogP contribution in [0.1, 0.15) is 6.92 Å². The predicted molar refractivity (Wildman–Crippen MR) is 86.9 cm³/mol. The van der Waals surface area contributed by atoms with Gasteiger partial charge in [-0.1, -0.05) is 11.8 Å². The lowest BCUT2D eigenvalue weighted by Crippen LogP contribution is -2.29. The van der Waals surface area contributed by atoms with Crippen molar-refractivity contribution in [3.8, 4) is 23.0 Å². The van der Waals surface area contributed by atoms with E-state index in [1.807, 2.05) is 0 Å². The molecule has 0 saturated carbocycles. The number of hydrogen-bond acceptors (Lipinski definition) is 7. The molecule has 0 unspecified atom stereocenters. The van der Waals surface area contributed by atoms with Gasteiger partial charge in [-0.15, -0.1) is 10.2 Å². The quantitative estimate of drug-likeness (QED) is 0.749. The highest BCUT2D eigenvalue weighted by molar-refractivity contribution is 8.00. The van der Waals surface area contributed by atoms with Crippen LogP contribution in [0.2, 0.25) is 0 Å². The van der Waals surface area contributed by atoms with Crippen LogP contribution >= 0.6 is 11.8 Å². The first-order chi connectivity index (χ1) is 11.0. The fourth-order valence-corrected chi connectivity index (χ4v) is 2.74. The van der Waals surface area contributed by atoms with Gasteiger partial charge in [0.25, 0.3) is 5.22 Å². The number of ether oxygens (including phenoxy) is 2. The van der Waals surface area contributed by atoms with Gasteiger partial charge in [-0.25, -0.2) is 0 Å². The molecule has 0 aliphatic heterocycles. The second-order valence-corrected chi connectivity index (χ2v) is 6.23. The van der Waals surface area contributed by atoms with Gasteiger partial charge in [-0.2, -0.15) is 0 Å². The summed E-state index contributed by atoms with van der Waals surface area (Å²) in [7, 11) is 6.55.